The molecule has 1 N–H and O–H groups in total. The summed E-state index contributed by atoms with van der Waals surface area (Å²) in [6.07, 6.45) is -0.623. The van der Waals surface area contributed by atoms with Gasteiger partial charge in [0, 0.05) is 17.6 Å². The first-order chi connectivity index (χ1) is 8.97. The molecule has 0 bridgehead atoms. The molecule has 19 heavy (non-hydrogen) atoms. The number of nitrogens with zero attached hydrogens (tertiary/aromatic N) is 2. The zero-order chi connectivity index (χ0) is 14.0. The van der Waals surface area contributed by atoms with E-state index in [0.29, 0.717) is 22.9 Å². The third kappa shape index (κ3) is 3.28. The lowest BCUT2D eigenvalue weighted by atomic mass is 10.1. The first kappa shape index (κ1) is 13.9. The number of ether oxygens (including phenoxy) is 1. The normalized spacial score (nSPS) is 12.5. The van der Waals surface area contributed by atoms with Gasteiger partial charge in [-0.25, -0.2) is 0 Å². The van der Waals surface area contributed by atoms with E-state index >= 15 is 0 Å². The predicted molar refractivity (Wildman–Crippen MR) is 74.4 cm³/mol. The standard InChI is InChI=1S/C14H17ClN2O2/c1-9-6-12(17(3)16-9)8-19-14-5-4-11(15)7-13(14)10(2)18/h4-7,10,18H,8H2,1-3H3/t10-/m1/s1. The smallest absolute Gasteiger partial charge is 0.130 e. The maximum absolute atomic E-state index is 9.73. The highest BCUT2D eigenvalue weighted by Crippen LogP contribution is 2.28. The molecule has 102 valence electrons. The quantitative estimate of drug-likeness (QED) is 0.936. The van der Waals surface area contributed by atoms with Crippen LogP contribution in [0.3, 0.4) is 0 Å². The van der Waals surface area contributed by atoms with Crippen LogP contribution >= 0.6 is 11.6 Å². The van der Waals surface area contributed by atoms with E-state index in [1.807, 2.05) is 20.0 Å². The SMILES string of the molecule is Cc1cc(COc2ccc(Cl)cc2[C@@H](C)O)n(C)n1. The summed E-state index contributed by atoms with van der Waals surface area (Å²) in [6, 6.07) is 7.21. The van der Waals surface area contributed by atoms with Crippen LogP contribution < -0.4 is 4.74 Å². The van der Waals surface area contributed by atoms with Gasteiger partial charge in [0.2, 0.25) is 0 Å². The number of aromatic nitrogens is 2. The van der Waals surface area contributed by atoms with Crippen molar-refractivity contribution >= 4 is 11.6 Å². The third-order valence-electron chi connectivity index (χ3n) is 2.90. The van der Waals surface area contributed by atoms with Gasteiger partial charge in [-0.2, -0.15) is 5.10 Å². The Bertz CT molecular complexity index is 579. The molecule has 0 aliphatic rings. The van der Waals surface area contributed by atoms with E-state index in [0.717, 1.165) is 11.4 Å². The van der Waals surface area contributed by atoms with Gasteiger partial charge < -0.3 is 9.84 Å². The van der Waals surface area contributed by atoms with Crippen LogP contribution in [0.25, 0.3) is 0 Å². The maximum Gasteiger partial charge on any atom is 0.130 e. The first-order valence-electron chi connectivity index (χ1n) is 6.07. The Labute approximate surface area is 117 Å². The molecule has 5 heteroatoms. The zero-order valence-electron chi connectivity index (χ0n) is 11.2. The maximum atomic E-state index is 9.73. The minimum atomic E-state index is -0.623. The fourth-order valence-electron chi connectivity index (χ4n) is 1.93. The molecule has 0 aliphatic carbocycles. The third-order valence-corrected chi connectivity index (χ3v) is 3.13. The van der Waals surface area contributed by atoms with Gasteiger partial charge in [0.25, 0.3) is 0 Å². The van der Waals surface area contributed by atoms with Crippen molar-refractivity contribution in [3.8, 4) is 5.75 Å². The van der Waals surface area contributed by atoms with Crippen LogP contribution in [0.1, 0.15) is 30.0 Å². The molecule has 1 atom stereocenters. The second kappa shape index (κ2) is 5.63. The largest absolute Gasteiger partial charge is 0.487 e. The minimum absolute atomic E-state index is 0.401. The Hall–Kier alpha value is -1.52. The molecule has 4 nitrogen and oxygen atoms in total. The topological polar surface area (TPSA) is 47.3 Å². The van der Waals surface area contributed by atoms with Crippen LogP contribution in [0.5, 0.6) is 5.75 Å². The summed E-state index contributed by atoms with van der Waals surface area (Å²) in [7, 11) is 1.88. The van der Waals surface area contributed by atoms with Gasteiger partial charge in [-0.1, -0.05) is 11.6 Å². The fraction of sp³-hybridized carbons (Fsp3) is 0.357. The summed E-state index contributed by atoms with van der Waals surface area (Å²) in [4.78, 5) is 0. The van der Waals surface area contributed by atoms with Crippen molar-refractivity contribution in [1.29, 1.82) is 0 Å². The molecular formula is C14H17ClN2O2. The highest BCUT2D eigenvalue weighted by molar-refractivity contribution is 6.30. The Balaban J connectivity index is 2.17. The van der Waals surface area contributed by atoms with E-state index < -0.39 is 6.10 Å². The molecule has 1 aromatic carbocycles. The number of hydrogen-bond donors (Lipinski definition) is 1. The summed E-state index contributed by atoms with van der Waals surface area (Å²) >= 11 is 5.93. The van der Waals surface area contributed by atoms with Gasteiger partial charge >= 0.3 is 0 Å². The number of aliphatic hydroxyl groups is 1. The second-order valence-corrected chi connectivity index (χ2v) is 4.98. The van der Waals surface area contributed by atoms with Crippen LogP contribution in [-0.2, 0) is 13.7 Å². The van der Waals surface area contributed by atoms with Gasteiger partial charge in [0.05, 0.1) is 17.5 Å². The Morgan fingerprint density at radius 2 is 2.16 bits per heavy atom. The number of aryl methyl sites for hydroxylation is 2. The summed E-state index contributed by atoms with van der Waals surface area (Å²) in [5.74, 6) is 0.637. The lowest BCUT2D eigenvalue weighted by Crippen LogP contribution is -2.05. The highest BCUT2D eigenvalue weighted by Gasteiger charge is 2.11. The molecule has 0 amide bonds. The second-order valence-electron chi connectivity index (χ2n) is 4.55. The number of aliphatic hydroxyl groups excluding tert-OH is 1. The Morgan fingerprint density at radius 1 is 1.42 bits per heavy atom. The summed E-state index contributed by atoms with van der Waals surface area (Å²) in [5.41, 5.74) is 2.61. The molecule has 0 unspecified atom stereocenters. The molecule has 0 radical (unpaired) electrons. The van der Waals surface area contributed by atoms with Gasteiger partial charge in [-0.15, -0.1) is 0 Å². The molecule has 0 saturated heterocycles. The van der Waals surface area contributed by atoms with Gasteiger partial charge in [-0.05, 0) is 38.1 Å². The minimum Gasteiger partial charge on any atom is -0.487 e. The summed E-state index contributed by atoms with van der Waals surface area (Å²) < 4.78 is 7.54. The summed E-state index contributed by atoms with van der Waals surface area (Å²) in [5, 5.41) is 14.6. The van der Waals surface area contributed by atoms with Crippen molar-refractivity contribution in [3.63, 3.8) is 0 Å². The van der Waals surface area contributed by atoms with Crippen molar-refractivity contribution in [1.82, 2.24) is 9.78 Å². The Morgan fingerprint density at radius 3 is 2.74 bits per heavy atom. The fourth-order valence-corrected chi connectivity index (χ4v) is 2.11. The number of halogens is 1. The van der Waals surface area contributed by atoms with Gasteiger partial charge in [0.15, 0.2) is 0 Å². The predicted octanol–water partition coefficient (Wildman–Crippen LogP) is 3.01. The van der Waals surface area contributed by atoms with Crippen molar-refractivity contribution in [2.75, 3.05) is 0 Å². The van der Waals surface area contributed by atoms with Crippen molar-refractivity contribution < 1.29 is 9.84 Å². The van der Waals surface area contributed by atoms with Crippen molar-refractivity contribution in [3.05, 3.63) is 46.2 Å². The highest BCUT2D eigenvalue weighted by atomic mass is 35.5. The van der Waals surface area contributed by atoms with Crippen LogP contribution in [0.4, 0.5) is 0 Å². The van der Waals surface area contributed by atoms with E-state index in [2.05, 4.69) is 5.10 Å². The van der Waals surface area contributed by atoms with Gasteiger partial charge in [-0.3, -0.25) is 4.68 Å². The molecule has 1 heterocycles. The molecule has 0 fully saturated rings. The van der Waals surface area contributed by atoms with Crippen LogP contribution in [0.15, 0.2) is 24.3 Å². The van der Waals surface area contributed by atoms with Crippen molar-refractivity contribution in [2.24, 2.45) is 7.05 Å². The zero-order valence-corrected chi connectivity index (χ0v) is 12.0. The van der Waals surface area contributed by atoms with Crippen LogP contribution in [-0.4, -0.2) is 14.9 Å². The van der Waals surface area contributed by atoms with Crippen LogP contribution in [0.2, 0.25) is 5.02 Å². The number of hydrogen-bond acceptors (Lipinski definition) is 3. The molecule has 0 spiro atoms. The van der Waals surface area contributed by atoms with E-state index in [4.69, 9.17) is 16.3 Å². The van der Waals surface area contributed by atoms with E-state index in [9.17, 15) is 5.11 Å². The lowest BCUT2D eigenvalue weighted by molar-refractivity contribution is 0.189. The Kier molecular flexibility index (Phi) is 4.12. The van der Waals surface area contributed by atoms with E-state index in [1.165, 1.54) is 0 Å². The molecule has 0 saturated carbocycles. The molecule has 2 rings (SSSR count). The van der Waals surface area contributed by atoms with E-state index in [-0.39, 0.29) is 0 Å². The average Bonchev–Trinajstić information content (AvgIpc) is 2.66. The number of benzene rings is 1. The molecular weight excluding hydrogens is 264 g/mol. The first-order valence-corrected chi connectivity index (χ1v) is 6.45. The lowest BCUT2D eigenvalue weighted by Gasteiger charge is -2.13. The summed E-state index contributed by atoms with van der Waals surface area (Å²) in [6.45, 7) is 4.03. The monoisotopic (exact) mass is 280 g/mol. The van der Waals surface area contributed by atoms with E-state index in [1.54, 1.807) is 29.8 Å². The van der Waals surface area contributed by atoms with Crippen molar-refractivity contribution in [2.45, 2.75) is 26.6 Å². The molecule has 2 aromatic rings. The van der Waals surface area contributed by atoms with Gasteiger partial charge in [0.1, 0.15) is 12.4 Å². The molecule has 0 aliphatic heterocycles. The van der Waals surface area contributed by atoms with Crippen LogP contribution in [0, 0.1) is 6.92 Å². The average molecular weight is 281 g/mol. The number of rotatable bonds is 4. The molecule has 1 aromatic heterocycles.